The van der Waals surface area contributed by atoms with E-state index in [9.17, 15) is 0 Å². The van der Waals surface area contributed by atoms with Gasteiger partial charge in [0.25, 0.3) is 0 Å². The zero-order chi connectivity index (χ0) is 8.55. The van der Waals surface area contributed by atoms with Crippen LogP contribution < -0.4 is 10.6 Å². The summed E-state index contributed by atoms with van der Waals surface area (Å²) in [6.45, 7) is 0.644. The summed E-state index contributed by atoms with van der Waals surface area (Å²) in [4.78, 5) is 5.34. The van der Waals surface area contributed by atoms with Crippen molar-refractivity contribution < 1.29 is 4.84 Å². The van der Waals surface area contributed by atoms with Crippen molar-refractivity contribution in [3.05, 3.63) is 29.8 Å². The molecule has 0 saturated heterocycles. The highest BCUT2D eigenvalue weighted by molar-refractivity contribution is 7.80. The zero-order valence-electron chi connectivity index (χ0n) is 6.36. The molecule has 0 radical (unpaired) electrons. The van der Waals surface area contributed by atoms with Crippen molar-refractivity contribution >= 4 is 17.3 Å². The number of hydroxylamine groups is 2. The number of fused-ring (bicyclic) bond motifs is 1. The molecule has 2 N–H and O–H groups in total. The van der Waals surface area contributed by atoms with Crippen LogP contribution in [0.25, 0.3) is 0 Å². The molecular weight excluding hydrogens is 172 g/mol. The van der Waals surface area contributed by atoms with Crippen LogP contribution in [0.1, 0.15) is 5.56 Å². The summed E-state index contributed by atoms with van der Waals surface area (Å²) in [7, 11) is 0. The second kappa shape index (κ2) is 2.64. The Hall–Kier alpha value is -1.29. The van der Waals surface area contributed by atoms with E-state index in [0.29, 0.717) is 6.54 Å². The highest BCUT2D eigenvalue weighted by atomic mass is 32.1. The Morgan fingerprint density at radius 2 is 2.25 bits per heavy atom. The minimum absolute atomic E-state index is 0.270. The smallest absolute Gasteiger partial charge is 0.200 e. The first-order valence-corrected chi connectivity index (χ1v) is 4.01. The molecule has 0 saturated carbocycles. The Morgan fingerprint density at radius 3 is 2.92 bits per heavy atom. The van der Waals surface area contributed by atoms with E-state index in [1.165, 1.54) is 5.06 Å². The van der Waals surface area contributed by atoms with E-state index in [0.717, 1.165) is 11.3 Å². The Morgan fingerprint density at radius 1 is 1.50 bits per heavy atom. The van der Waals surface area contributed by atoms with Crippen LogP contribution in [0.2, 0.25) is 0 Å². The van der Waals surface area contributed by atoms with Crippen molar-refractivity contribution in [1.29, 1.82) is 0 Å². The molecule has 4 heteroatoms. The van der Waals surface area contributed by atoms with Crippen LogP contribution in [0.5, 0.6) is 5.75 Å². The summed E-state index contributed by atoms with van der Waals surface area (Å²) < 4.78 is 0. The lowest BCUT2D eigenvalue weighted by atomic mass is 10.2. The van der Waals surface area contributed by atoms with Crippen LogP contribution in [0.4, 0.5) is 0 Å². The van der Waals surface area contributed by atoms with Gasteiger partial charge in [-0.3, -0.25) is 0 Å². The molecule has 12 heavy (non-hydrogen) atoms. The highest BCUT2D eigenvalue weighted by Gasteiger charge is 2.20. The Labute approximate surface area is 75.7 Å². The van der Waals surface area contributed by atoms with Crippen LogP contribution in [-0.2, 0) is 6.54 Å². The molecule has 62 valence electrons. The van der Waals surface area contributed by atoms with Gasteiger partial charge >= 0.3 is 0 Å². The van der Waals surface area contributed by atoms with Gasteiger partial charge in [-0.05, 0) is 18.3 Å². The Balaban J connectivity index is 2.27. The van der Waals surface area contributed by atoms with Crippen LogP contribution in [0.15, 0.2) is 24.3 Å². The minimum Gasteiger partial charge on any atom is -0.377 e. The Bertz CT molecular complexity index is 302. The lowest BCUT2D eigenvalue weighted by molar-refractivity contribution is 0.0409. The standard InChI is InChI=1S/C8H8N2OS/c9-8(12)10-5-6-3-1-2-4-7(6)11-10/h1-4H,5H2,(H2,9,12). The van der Waals surface area contributed by atoms with Crippen LogP contribution in [-0.4, -0.2) is 10.2 Å². The Kier molecular flexibility index (Phi) is 1.62. The van der Waals surface area contributed by atoms with Gasteiger partial charge in [0.1, 0.15) is 0 Å². The number of para-hydroxylation sites is 1. The normalized spacial score (nSPS) is 13.8. The number of hydrogen-bond acceptors (Lipinski definition) is 2. The maximum atomic E-state index is 5.41. The van der Waals surface area contributed by atoms with E-state index in [1.54, 1.807) is 0 Å². The lowest BCUT2D eigenvalue weighted by Crippen LogP contribution is -2.33. The van der Waals surface area contributed by atoms with Crippen LogP contribution in [0, 0.1) is 0 Å². The van der Waals surface area contributed by atoms with E-state index in [-0.39, 0.29) is 5.11 Å². The summed E-state index contributed by atoms with van der Waals surface area (Å²) in [6.07, 6.45) is 0. The molecule has 0 spiro atoms. The summed E-state index contributed by atoms with van der Waals surface area (Å²) in [6, 6.07) is 7.77. The molecule has 1 aromatic carbocycles. The maximum absolute atomic E-state index is 5.41. The van der Waals surface area contributed by atoms with Crippen LogP contribution >= 0.6 is 12.2 Å². The predicted octanol–water partition coefficient (Wildman–Crippen LogP) is 1.04. The van der Waals surface area contributed by atoms with E-state index >= 15 is 0 Å². The highest BCUT2D eigenvalue weighted by Crippen LogP contribution is 2.26. The van der Waals surface area contributed by atoms with Gasteiger partial charge in [-0.1, -0.05) is 18.2 Å². The monoisotopic (exact) mass is 180 g/mol. The van der Waals surface area contributed by atoms with Gasteiger partial charge in [-0.2, -0.15) is 5.06 Å². The van der Waals surface area contributed by atoms with Crippen molar-refractivity contribution in [2.45, 2.75) is 6.54 Å². The minimum atomic E-state index is 0.270. The van der Waals surface area contributed by atoms with E-state index in [2.05, 4.69) is 0 Å². The maximum Gasteiger partial charge on any atom is 0.200 e. The average molecular weight is 180 g/mol. The molecule has 3 nitrogen and oxygen atoms in total. The zero-order valence-corrected chi connectivity index (χ0v) is 7.17. The van der Waals surface area contributed by atoms with Crippen molar-refractivity contribution in [2.24, 2.45) is 5.73 Å². The fraction of sp³-hybridized carbons (Fsp3) is 0.125. The van der Waals surface area contributed by atoms with Crippen molar-refractivity contribution in [2.75, 3.05) is 0 Å². The molecule has 0 unspecified atom stereocenters. The van der Waals surface area contributed by atoms with Gasteiger partial charge < -0.3 is 10.6 Å². The van der Waals surface area contributed by atoms with Crippen molar-refractivity contribution in [1.82, 2.24) is 5.06 Å². The number of rotatable bonds is 0. The summed E-state index contributed by atoms with van der Waals surface area (Å²) in [5.41, 5.74) is 6.53. The molecule has 0 aromatic heterocycles. The molecule has 1 heterocycles. The molecule has 1 aliphatic rings. The molecule has 2 rings (SSSR count). The molecule has 1 aliphatic heterocycles. The second-order valence-corrected chi connectivity index (χ2v) is 2.99. The fourth-order valence-electron chi connectivity index (χ4n) is 1.15. The van der Waals surface area contributed by atoms with Crippen molar-refractivity contribution in [3.63, 3.8) is 0 Å². The fourth-order valence-corrected chi connectivity index (χ4v) is 1.25. The number of hydrogen-bond donors (Lipinski definition) is 1. The first kappa shape index (κ1) is 7.36. The summed E-state index contributed by atoms with van der Waals surface area (Å²) >= 11 is 4.78. The summed E-state index contributed by atoms with van der Waals surface area (Å²) in [5.74, 6) is 0.838. The topological polar surface area (TPSA) is 38.5 Å². The third kappa shape index (κ3) is 1.10. The van der Waals surface area contributed by atoms with Gasteiger partial charge in [-0.15, -0.1) is 0 Å². The molecular formula is C8H8N2OS. The lowest BCUT2D eigenvalue weighted by Gasteiger charge is -2.12. The number of benzene rings is 1. The third-order valence-electron chi connectivity index (χ3n) is 1.74. The average Bonchev–Trinajstić information content (AvgIpc) is 2.46. The molecule has 0 amide bonds. The first-order valence-electron chi connectivity index (χ1n) is 3.60. The number of nitrogens with zero attached hydrogens (tertiary/aromatic N) is 1. The van der Waals surface area contributed by atoms with Gasteiger partial charge in [0, 0.05) is 5.56 Å². The first-order chi connectivity index (χ1) is 5.77. The number of nitrogens with two attached hydrogens (primary N) is 1. The van der Waals surface area contributed by atoms with Gasteiger partial charge in [0.05, 0.1) is 6.54 Å². The van der Waals surface area contributed by atoms with Gasteiger partial charge in [0.15, 0.2) is 5.75 Å². The predicted molar refractivity (Wildman–Crippen MR) is 49.4 cm³/mol. The molecule has 0 atom stereocenters. The van der Waals surface area contributed by atoms with Crippen LogP contribution in [0.3, 0.4) is 0 Å². The molecule has 0 fully saturated rings. The molecule has 0 aliphatic carbocycles. The van der Waals surface area contributed by atoms with E-state index < -0.39 is 0 Å². The van der Waals surface area contributed by atoms with Gasteiger partial charge in [0.2, 0.25) is 5.11 Å². The second-order valence-electron chi connectivity index (χ2n) is 2.57. The quantitative estimate of drug-likeness (QED) is 0.605. The molecule has 1 aromatic rings. The third-order valence-corrected chi connectivity index (χ3v) is 1.94. The van der Waals surface area contributed by atoms with E-state index in [1.807, 2.05) is 24.3 Å². The van der Waals surface area contributed by atoms with E-state index in [4.69, 9.17) is 22.8 Å². The molecule has 0 bridgehead atoms. The summed E-state index contributed by atoms with van der Waals surface area (Å²) in [5, 5.41) is 1.77. The largest absolute Gasteiger partial charge is 0.377 e. The van der Waals surface area contributed by atoms with Gasteiger partial charge in [-0.25, -0.2) is 0 Å². The SMILES string of the molecule is NC(=S)N1Cc2ccccc2O1. The number of thiocarbonyl (C=S) groups is 1. The van der Waals surface area contributed by atoms with Crippen molar-refractivity contribution in [3.8, 4) is 5.75 Å².